The smallest absolute Gasteiger partial charge is 0.426 e. The standard InChI is InChI=1S/C14H17BN2O3/c16-14(18)8-13(15(19)20)17-9-10-5-6-11-3-1-2-4-12(11)7-10/h1-7,13,17,19-20H,8-9H2,(H2,16,18)/t13-/m0/s1. The van der Waals surface area contributed by atoms with E-state index in [1.807, 2.05) is 42.5 Å². The van der Waals surface area contributed by atoms with Gasteiger partial charge < -0.3 is 21.1 Å². The van der Waals surface area contributed by atoms with Crippen LogP contribution in [-0.2, 0) is 11.3 Å². The summed E-state index contributed by atoms with van der Waals surface area (Å²) in [6.07, 6.45) is -0.120. The van der Waals surface area contributed by atoms with E-state index in [-0.39, 0.29) is 6.42 Å². The van der Waals surface area contributed by atoms with E-state index in [1.54, 1.807) is 0 Å². The summed E-state index contributed by atoms with van der Waals surface area (Å²) in [7, 11) is -1.62. The highest BCUT2D eigenvalue weighted by Crippen LogP contribution is 2.15. The van der Waals surface area contributed by atoms with E-state index in [1.165, 1.54) is 0 Å². The molecule has 0 aromatic heterocycles. The molecular formula is C14H17BN2O3. The van der Waals surface area contributed by atoms with E-state index in [0.29, 0.717) is 6.54 Å². The van der Waals surface area contributed by atoms with E-state index < -0.39 is 19.0 Å². The lowest BCUT2D eigenvalue weighted by Crippen LogP contribution is -2.45. The first kappa shape index (κ1) is 14.5. The molecule has 5 N–H and O–H groups in total. The van der Waals surface area contributed by atoms with Crippen LogP contribution >= 0.6 is 0 Å². The molecule has 1 atom stereocenters. The first-order valence-electron chi connectivity index (χ1n) is 6.42. The fraction of sp³-hybridized carbons (Fsp3) is 0.214. The maximum absolute atomic E-state index is 10.9. The Morgan fingerprint density at radius 2 is 1.90 bits per heavy atom. The van der Waals surface area contributed by atoms with Gasteiger partial charge in [0.25, 0.3) is 0 Å². The third kappa shape index (κ3) is 3.80. The van der Waals surface area contributed by atoms with E-state index in [4.69, 9.17) is 5.73 Å². The molecule has 5 nitrogen and oxygen atoms in total. The number of amides is 1. The number of rotatable bonds is 6. The molecule has 104 valence electrons. The van der Waals surface area contributed by atoms with Gasteiger partial charge in [0, 0.05) is 13.0 Å². The zero-order valence-corrected chi connectivity index (χ0v) is 11.0. The molecule has 0 bridgehead atoms. The monoisotopic (exact) mass is 272 g/mol. The van der Waals surface area contributed by atoms with Crippen LogP contribution in [0.4, 0.5) is 0 Å². The molecule has 2 rings (SSSR count). The van der Waals surface area contributed by atoms with Crippen molar-refractivity contribution >= 4 is 23.8 Å². The summed E-state index contributed by atoms with van der Waals surface area (Å²) in [4.78, 5) is 10.9. The highest BCUT2D eigenvalue weighted by Gasteiger charge is 2.24. The summed E-state index contributed by atoms with van der Waals surface area (Å²) in [5, 5.41) is 23.6. The number of carbonyl (C=O) groups is 1. The van der Waals surface area contributed by atoms with Gasteiger partial charge in [0.15, 0.2) is 0 Å². The van der Waals surface area contributed by atoms with Crippen molar-refractivity contribution in [3.8, 4) is 0 Å². The summed E-state index contributed by atoms with van der Waals surface area (Å²) in [5.41, 5.74) is 6.07. The van der Waals surface area contributed by atoms with Crippen molar-refractivity contribution in [2.24, 2.45) is 5.73 Å². The predicted octanol–water partition coefficient (Wildman–Crippen LogP) is 0.185. The van der Waals surface area contributed by atoms with E-state index in [9.17, 15) is 14.8 Å². The van der Waals surface area contributed by atoms with Crippen LogP contribution in [0.1, 0.15) is 12.0 Å². The Morgan fingerprint density at radius 1 is 1.20 bits per heavy atom. The molecular weight excluding hydrogens is 255 g/mol. The first-order chi connectivity index (χ1) is 9.56. The maximum atomic E-state index is 10.9. The van der Waals surface area contributed by atoms with Crippen molar-refractivity contribution in [1.29, 1.82) is 0 Å². The van der Waals surface area contributed by atoms with Gasteiger partial charge >= 0.3 is 7.12 Å². The van der Waals surface area contributed by atoms with Gasteiger partial charge in [0.2, 0.25) is 5.91 Å². The summed E-state index contributed by atoms with van der Waals surface area (Å²) >= 11 is 0. The SMILES string of the molecule is NC(=O)C[C@H](NCc1ccc2ccccc2c1)B(O)O. The Labute approximate surface area is 117 Å². The van der Waals surface area contributed by atoms with Gasteiger partial charge in [-0.1, -0.05) is 36.4 Å². The first-order valence-corrected chi connectivity index (χ1v) is 6.42. The fourth-order valence-corrected chi connectivity index (χ4v) is 2.10. The fourth-order valence-electron chi connectivity index (χ4n) is 2.10. The highest BCUT2D eigenvalue weighted by molar-refractivity contribution is 6.43. The molecule has 2 aromatic carbocycles. The minimum atomic E-state index is -1.62. The largest absolute Gasteiger partial charge is 0.470 e. The van der Waals surface area contributed by atoms with Crippen molar-refractivity contribution in [1.82, 2.24) is 5.32 Å². The van der Waals surface area contributed by atoms with Crippen molar-refractivity contribution in [2.45, 2.75) is 18.9 Å². The zero-order chi connectivity index (χ0) is 14.5. The van der Waals surface area contributed by atoms with Crippen LogP contribution in [0.2, 0.25) is 0 Å². The molecule has 20 heavy (non-hydrogen) atoms. The third-order valence-electron chi connectivity index (χ3n) is 3.16. The minimum Gasteiger partial charge on any atom is -0.426 e. The van der Waals surface area contributed by atoms with Crippen LogP contribution in [0.25, 0.3) is 10.8 Å². The van der Waals surface area contributed by atoms with Gasteiger partial charge in [-0.3, -0.25) is 4.79 Å². The van der Waals surface area contributed by atoms with Crippen LogP contribution < -0.4 is 11.1 Å². The van der Waals surface area contributed by atoms with E-state index in [2.05, 4.69) is 5.32 Å². The molecule has 0 aliphatic carbocycles. The molecule has 2 aromatic rings. The summed E-state index contributed by atoms with van der Waals surface area (Å²) in [6.45, 7) is 0.431. The van der Waals surface area contributed by atoms with Gasteiger partial charge in [-0.25, -0.2) is 0 Å². The molecule has 0 radical (unpaired) electrons. The molecule has 0 spiro atoms. The van der Waals surface area contributed by atoms with Crippen molar-refractivity contribution in [3.63, 3.8) is 0 Å². The summed E-state index contributed by atoms with van der Waals surface area (Å²) in [6, 6.07) is 14.0. The van der Waals surface area contributed by atoms with E-state index >= 15 is 0 Å². The Hall–Kier alpha value is -1.89. The number of carbonyl (C=O) groups excluding carboxylic acids is 1. The normalized spacial score (nSPS) is 12.3. The predicted molar refractivity (Wildman–Crippen MR) is 78.6 cm³/mol. The Morgan fingerprint density at radius 3 is 2.55 bits per heavy atom. The van der Waals surface area contributed by atoms with Gasteiger partial charge in [0.05, 0.1) is 5.94 Å². The van der Waals surface area contributed by atoms with Crippen molar-refractivity contribution < 1.29 is 14.8 Å². The zero-order valence-electron chi connectivity index (χ0n) is 11.0. The highest BCUT2D eigenvalue weighted by atomic mass is 16.4. The van der Waals surface area contributed by atoms with E-state index in [0.717, 1.165) is 16.3 Å². The van der Waals surface area contributed by atoms with Crippen molar-refractivity contribution in [2.75, 3.05) is 0 Å². The lowest BCUT2D eigenvalue weighted by atomic mass is 9.77. The van der Waals surface area contributed by atoms with Crippen molar-refractivity contribution in [3.05, 3.63) is 48.0 Å². The number of benzene rings is 2. The quantitative estimate of drug-likeness (QED) is 0.564. The Bertz CT molecular complexity index is 604. The van der Waals surface area contributed by atoms with Crippen LogP contribution in [-0.4, -0.2) is 29.0 Å². The average molecular weight is 272 g/mol. The second-order valence-electron chi connectivity index (χ2n) is 4.75. The second kappa shape index (κ2) is 6.52. The molecule has 0 saturated heterocycles. The summed E-state index contributed by atoms with van der Waals surface area (Å²) in [5.74, 6) is -1.34. The lowest BCUT2D eigenvalue weighted by molar-refractivity contribution is -0.118. The molecule has 0 heterocycles. The van der Waals surface area contributed by atoms with Crippen LogP contribution in [0.15, 0.2) is 42.5 Å². The molecule has 0 saturated carbocycles. The summed E-state index contributed by atoms with van der Waals surface area (Å²) < 4.78 is 0. The van der Waals surface area contributed by atoms with Gasteiger partial charge in [-0.2, -0.15) is 0 Å². The molecule has 0 unspecified atom stereocenters. The molecule has 0 aliphatic heterocycles. The number of hydrogen-bond donors (Lipinski definition) is 4. The second-order valence-corrected chi connectivity index (χ2v) is 4.75. The molecule has 1 amide bonds. The molecule has 0 fully saturated rings. The van der Waals surface area contributed by atoms with Crippen LogP contribution in [0.5, 0.6) is 0 Å². The number of nitrogens with one attached hydrogen (secondary N) is 1. The lowest BCUT2D eigenvalue weighted by Gasteiger charge is -2.16. The Kier molecular flexibility index (Phi) is 4.73. The third-order valence-corrected chi connectivity index (χ3v) is 3.16. The van der Waals surface area contributed by atoms with Gasteiger partial charge in [-0.15, -0.1) is 0 Å². The minimum absolute atomic E-state index is 0.120. The molecule has 6 heteroatoms. The van der Waals surface area contributed by atoms with Gasteiger partial charge in [0.1, 0.15) is 0 Å². The Balaban J connectivity index is 2.05. The number of primary amides is 1. The number of hydrogen-bond acceptors (Lipinski definition) is 4. The molecule has 0 aliphatic rings. The number of nitrogens with two attached hydrogens (primary N) is 1. The van der Waals surface area contributed by atoms with Crippen LogP contribution in [0, 0.1) is 0 Å². The topological polar surface area (TPSA) is 95.6 Å². The number of fused-ring (bicyclic) bond motifs is 1. The maximum Gasteiger partial charge on any atom is 0.470 e. The average Bonchev–Trinajstić information content (AvgIpc) is 2.42. The van der Waals surface area contributed by atoms with Gasteiger partial charge in [-0.05, 0) is 22.4 Å². The van der Waals surface area contributed by atoms with Crippen LogP contribution in [0.3, 0.4) is 0 Å².